The molecule has 1 atom stereocenters. The van der Waals surface area contributed by atoms with Gasteiger partial charge in [0.15, 0.2) is 0 Å². The fraction of sp³-hybridized carbons (Fsp3) is 0.208. The summed E-state index contributed by atoms with van der Waals surface area (Å²) in [4.78, 5) is 4.82. The van der Waals surface area contributed by atoms with Gasteiger partial charge in [-0.2, -0.15) is 8.42 Å². The number of fused-ring (bicyclic) bond motifs is 1. The summed E-state index contributed by atoms with van der Waals surface area (Å²) in [5.74, 6) is 6.19. The molecular formula is C24H21NO3S. The lowest BCUT2D eigenvalue weighted by atomic mass is 9.93. The van der Waals surface area contributed by atoms with E-state index in [0.717, 1.165) is 35.2 Å². The second-order valence-electron chi connectivity index (χ2n) is 7.09. The Morgan fingerprint density at radius 1 is 0.966 bits per heavy atom. The standard InChI is InChI=1S/C24H21NO3S/c1-18-10-15-21(16-11-18)29(26,27)28-24-9-5-8-23-22(24)17-14-20(25-23)13-12-19-6-3-2-4-7-19/h2-4,6-7,10-11,14-17,24H,5,8-9H2,1H3. The molecule has 1 heterocycles. The van der Waals surface area contributed by atoms with E-state index in [1.54, 1.807) is 24.3 Å². The van der Waals surface area contributed by atoms with Crippen LogP contribution in [0.4, 0.5) is 0 Å². The number of benzene rings is 2. The lowest BCUT2D eigenvalue weighted by Gasteiger charge is -2.24. The quantitative estimate of drug-likeness (QED) is 0.475. The molecule has 0 spiro atoms. The zero-order valence-corrected chi connectivity index (χ0v) is 16.9. The molecule has 0 aliphatic heterocycles. The van der Waals surface area contributed by atoms with E-state index in [9.17, 15) is 8.42 Å². The van der Waals surface area contributed by atoms with Crippen LogP contribution in [0, 0.1) is 18.8 Å². The molecule has 0 saturated heterocycles. The Kier molecular flexibility index (Phi) is 5.48. The molecule has 1 unspecified atom stereocenters. The summed E-state index contributed by atoms with van der Waals surface area (Å²) in [7, 11) is -3.83. The molecule has 2 aromatic carbocycles. The molecule has 0 radical (unpaired) electrons. The van der Waals surface area contributed by atoms with Crippen LogP contribution in [0.2, 0.25) is 0 Å². The first-order valence-electron chi connectivity index (χ1n) is 9.58. The van der Waals surface area contributed by atoms with Crippen molar-refractivity contribution in [2.24, 2.45) is 0 Å². The molecule has 4 rings (SSSR count). The summed E-state index contributed by atoms with van der Waals surface area (Å²) in [5.41, 5.74) is 4.30. The fourth-order valence-electron chi connectivity index (χ4n) is 3.36. The van der Waals surface area contributed by atoms with Crippen molar-refractivity contribution in [1.29, 1.82) is 0 Å². The van der Waals surface area contributed by atoms with E-state index in [4.69, 9.17) is 4.18 Å². The van der Waals surface area contributed by atoms with Gasteiger partial charge in [0.05, 0.1) is 4.90 Å². The van der Waals surface area contributed by atoms with Crippen molar-refractivity contribution in [2.75, 3.05) is 0 Å². The van der Waals surface area contributed by atoms with Crippen molar-refractivity contribution in [2.45, 2.75) is 37.2 Å². The minimum absolute atomic E-state index is 0.175. The van der Waals surface area contributed by atoms with E-state index in [-0.39, 0.29) is 4.90 Å². The first-order chi connectivity index (χ1) is 14.0. The molecule has 29 heavy (non-hydrogen) atoms. The summed E-state index contributed by atoms with van der Waals surface area (Å²) in [6.07, 6.45) is 1.74. The maximum Gasteiger partial charge on any atom is 0.297 e. The third kappa shape index (κ3) is 4.56. The van der Waals surface area contributed by atoms with Crippen LogP contribution in [0.1, 0.15) is 47.0 Å². The first kappa shape index (κ1) is 19.4. The van der Waals surface area contributed by atoms with Gasteiger partial charge in [-0.3, -0.25) is 4.18 Å². The zero-order chi connectivity index (χ0) is 20.3. The second kappa shape index (κ2) is 8.20. The Hall–Kier alpha value is -2.94. The highest BCUT2D eigenvalue weighted by molar-refractivity contribution is 7.86. The third-order valence-corrected chi connectivity index (χ3v) is 6.23. The van der Waals surface area contributed by atoms with Gasteiger partial charge in [0.25, 0.3) is 10.1 Å². The Bertz CT molecular complexity index is 1170. The summed E-state index contributed by atoms with van der Waals surface area (Å²) in [5, 5.41) is 0. The SMILES string of the molecule is Cc1ccc(S(=O)(=O)OC2CCCc3nc(C#Cc4ccccc4)ccc32)cc1. The van der Waals surface area contributed by atoms with Crippen LogP contribution in [-0.2, 0) is 20.7 Å². The number of hydrogen-bond donors (Lipinski definition) is 0. The van der Waals surface area contributed by atoms with Crippen LogP contribution in [-0.4, -0.2) is 13.4 Å². The average Bonchev–Trinajstić information content (AvgIpc) is 2.73. The predicted octanol–water partition coefficient (Wildman–Crippen LogP) is 4.57. The maximum absolute atomic E-state index is 12.7. The van der Waals surface area contributed by atoms with Crippen molar-refractivity contribution < 1.29 is 12.6 Å². The molecule has 0 fully saturated rings. The van der Waals surface area contributed by atoms with Crippen LogP contribution < -0.4 is 0 Å². The van der Waals surface area contributed by atoms with E-state index >= 15 is 0 Å². The average molecular weight is 404 g/mol. The van der Waals surface area contributed by atoms with Crippen LogP contribution in [0.15, 0.2) is 71.6 Å². The van der Waals surface area contributed by atoms with Gasteiger partial charge in [-0.25, -0.2) is 4.98 Å². The predicted molar refractivity (Wildman–Crippen MR) is 112 cm³/mol. The highest BCUT2D eigenvalue weighted by Crippen LogP contribution is 2.34. The summed E-state index contributed by atoms with van der Waals surface area (Å²) >= 11 is 0. The molecule has 0 N–H and O–H groups in total. The third-order valence-electron chi connectivity index (χ3n) is 4.90. The van der Waals surface area contributed by atoms with Crippen LogP contribution >= 0.6 is 0 Å². The summed E-state index contributed by atoms with van der Waals surface area (Å²) in [6.45, 7) is 1.92. The van der Waals surface area contributed by atoms with Crippen molar-refractivity contribution in [3.63, 3.8) is 0 Å². The van der Waals surface area contributed by atoms with Crippen molar-refractivity contribution >= 4 is 10.1 Å². The molecule has 0 saturated carbocycles. The van der Waals surface area contributed by atoms with E-state index in [0.29, 0.717) is 12.1 Å². The minimum Gasteiger partial charge on any atom is -0.258 e. The molecule has 146 valence electrons. The van der Waals surface area contributed by atoms with Crippen molar-refractivity contribution in [1.82, 2.24) is 4.98 Å². The lowest BCUT2D eigenvalue weighted by Crippen LogP contribution is -2.18. The number of nitrogens with zero attached hydrogens (tertiary/aromatic N) is 1. The number of hydrogen-bond acceptors (Lipinski definition) is 4. The van der Waals surface area contributed by atoms with E-state index in [2.05, 4.69) is 16.8 Å². The lowest BCUT2D eigenvalue weighted by molar-refractivity contribution is 0.190. The number of pyridine rings is 1. The molecule has 4 nitrogen and oxygen atoms in total. The molecule has 5 heteroatoms. The van der Waals surface area contributed by atoms with Gasteiger partial charge in [0.1, 0.15) is 11.8 Å². The normalized spacial score (nSPS) is 15.8. The number of aromatic nitrogens is 1. The first-order valence-corrected chi connectivity index (χ1v) is 11.0. The van der Waals surface area contributed by atoms with Gasteiger partial charge in [-0.15, -0.1) is 0 Å². The van der Waals surface area contributed by atoms with Crippen LogP contribution in [0.25, 0.3) is 0 Å². The molecule has 1 aliphatic rings. The van der Waals surface area contributed by atoms with Gasteiger partial charge in [-0.1, -0.05) is 47.9 Å². The van der Waals surface area contributed by atoms with Crippen LogP contribution in [0.3, 0.4) is 0 Å². The topological polar surface area (TPSA) is 56.3 Å². The maximum atomic E-state index is 12.7. The molecule has 1 aliphatic carbocycles. The van der Waals surface area contributed by atoms with E-state index < -0.39 is 16.2 Å². The van der Waals surface area contributed by atoms with Gasteiger partial charge < -0.3 is 0 Å². The van der Waals surface area contributed by atoms with Crippen molar-refractivity contribution in [3.8, 4) is 11.8 Å². The Morgan fingerprint density at radius 2 is 1.72 bits per heavy atom. The molecule has 1 aromatic heterocycles. The minimum atomic E-state index is -3.83. The van der Waals surface area contributed by atoms with E-state index in [1.807, 2.05) is 49.4 Å². The highest BCUT2D eigenvalue weighted by Gasteiger charge is 2.28. The zero-order valence-electron chi connectivity index (χ0n) is 16.1. The Morgan fingerprint density at radius 3 is 2.48 bits per heavy atom. The van der Waals surface area contributed by atoms with Gasteiger partial charge in [-0.05, 0) is 62.4 Å². The highest BCUT2D eigenvalue weighted by atomic mass is 32.2. The Labute approximate surface area is 171 Å². The smallest absolute Gasteiger partial charge is 0.258 e. The summed E-state index contributed by atoms with van der Waals surface area (Å²) < 4.78 is 31.0. The fourth-order valence-corrected chi connectivity index (χ4v) is 4.44. The molecule has 0 amide bonds. The molecular weight excluding hydrogens is 382 g/mol. The van der Waals surface area contributed by atoms with Crippen molar-refractivity contribution in [3.05, 3.63) is 94.8 Å². The number of rotatable bonds is 3. The van der Waals surface area contributed by atoms with Gasteiger partial charge >= 0.3 is 0 Å². The summed E-state index contributed by atoms with van der Waals surface area (Å²) in [6, 6.07) is 20.2. The monoisotopic (exact) mass is 403 g/mol. The Balaban J connectivity index is 1.57. The van der Waals surface area contributed by atoms with Gasteiger partial charge in [0, 0.05) is 16.8 Å². The molecule has 3 aromatic rings. The van der Waals surface area contributed by atoms with Crippen LogP contribution in [0.5, 0.6) is 0 Å². The largest absolute Gasteiger partial charge is 0.297 e. The van der Waals surface area contributed by atoms with Gasteiger partial charge in [0.2, 0.25) is 0 Å². The van der Waals surface area contributed by atoms with E-state index in [1.165, 1.54) is 0 Å². The second-order valence-corrected chi connectivity index (χ2v) is 8.66. The molecule has 0 bridgehead atoms. The number of aryl methyl sites for hydroxylation is 2.